The van der Waals surface area contributed by atoms with E-state index < -0.39 is 0 Å². The van der Waals surface area contributed by atoms with Gasteiger partial charge in [0.2, 0.25) is 11.8 Å². The fourth-order valence-electron chi connectivity index (χ4n) is 2.39. The van der Waals surface area contributed by atoms with Crippen molar-refractivity contribution < 1.29 is 9.59 Å². The van der Waals surface area contributed by atoms with E-state index in [0.717, 1.165) is 25.8 Å². The zero-order chi connectivity index (χ0) is 14.4. The Morgan fingerprint density at radius 2 is 2.10 bits per heavy atom. The van der Waals surface area contributed by atoms with Crippen LogP contribution >= 0.6 is 0 Å². The molecule has 1 saturated heterocycles. The van der Waals surface area contributed by atoms with Crippen molar-refractivity contribution in [3.63, 3.8) is 0 Å². The Bertz CT molecular complexity index is 446. The molecule has 1 aromatic rings. The van der Waals surface area contributed by atoms with Gasteiger partial charge >= 0.3 is 0 Å². The number of rotatable bonds is 5. The Hall–Kier alpha value is -1.92. The van der Waals surface area contributed by atoms with Crippen LogP contribution in [0.25, 0.3) is 0 Å². The molecule has 0 spiro atoms. The van der Waals surface area contributed by atoms with Crippen LogP contribution in [0.5, 0.6) is 0 Å². The summed E-state index contributed by atoms with van der Waals surface area (Å²) in [5.74, 6) is 0.0659. The van der Waals surface area contributed by atoms with E-state index in [1.54, 1.807) is 17.3 Å². The molecule has 20 heavy (non-hydrogen) atoms. The van der Waals surface area contributed by atoms with E-state index in [1.165, 1.54) is 4.80 Å². The van der Waals surface area contributed by atoms with E-state index in [1.807, 2.05) is 6.92 Å². The molecular weight excluding hydrogens is 258 g/mol. The molecule has 0 radical (unpaired) electrons. The normalized spacial score (nSPS) is 18.9. The van der Waals surface area contributed by atoms with Gasteiger partial charge in [-0.25, -0.2) is 0 Å². The molecule has 0 aliphatic carbocycles. The first-order valence-electron chi connectivity index (χ1n) is 7.10. The van der Waals surface area contributed by atoms with Crippen molar-refractivity contribution in [2.45, 2.75) is 45.2 Å². The molecule has 1 aliphatic rings. The Morgan fingerprint density at radius 3 is 2.80 bits per heavy atom. The van der Waals surface area contributed by atoms with Crippen LogP contribution in [0.1, 0.15) is 32.6 Å². The minimum atomic E-state index is -0.00404. The van der Waals surface area contributed by atoms with Gasteiger partial charge in [-0.1, -0.05) is 6.92 Å². The Labute approximate surface area is 118 Å². The van der Waals surface area contributed by atoms with Crippen molar-refractivity contribution in [3.05, 3.63) is 12.4 Å². The molecule has 1 N–H and O–H groups in total. The average molecular weight is 279 g/mol. The fraction of sp³-hybridized carbons (Fsp3) is 0.692. The number of nitrogens with one attached hydrogen (secondary N) is 1. The van der Waals surface area contributed by atoms with Gasteiger partial charge in [-0.3, -0.25) is 9.59 Å². The number of likely N-dealkylation sites (tertiary alicyclic amines) is 1. The Kier molecular flexibility index (Phi) is 5.09. The van der Waals surface area contributed by atoms with Crippen LogP contribution < -0.4 is 5.32 Å². The van der Waals surface area contributed by atoms with E-state index >= 15 is 0 Å². The number of amides is 2. The molecule has 0 unspecified atom stereocenters. The summed E-state index contributed by atoms with van der Waals surface area (Å²) in [5, 5.41) is 10.9. The van der Waals surface area contributed by atoms with Gasteiger partial charge in [-0.15, -0.1) is 0 Å². The summed E-state index contributed by atoms with van der Waals surface area (Å²) in [5.41, 5.74) is 0. The first kappa shape index (κ1) is 14.5. The van der Waals surface area contributed by atoms with Gasteiger partial charge in [-0.2, -0.15) is 15.0 Å². The van der Waals surface area contributed by atoms with Gasteiger partial charge in [0.1, 0.15) is 6.54 Å². The summed E-state index contributed by atoms with van der Waals surface area (Å²) in [6.45, 7) is 3.45. The molecule has 0 saturated carbocycles. The molecule has 2 heterocycles. The lowest BCUT2D eigenvalue weighted by Crippen LogP contribution is -2.50. The summed E-state index contributed by atoms with van der Waals surface area (Å²) in [7, 11) is 0. The quantitative estimate of drug-likeness (QED) is 0.834. The first-order valence-corrected chi connectivity index (χ1v) is 7.10. The molecule has 1 fully saturated rings. The second kappa shape index (κ2) is 7.02. The minimum absolute atomic E-state index is 0.00404. The summed E-state index contributed by atoms with van der Waals surface area (Å²) in [6.07, 6.45) is 6.33. The van der Waals surface area contributed by atoms with Crippen LogP contribution in [0.15, 0.2) is 12.4 Å². The zero-order valence-corrected chi connectivity index (χ0v) is 11.8. The van der Waals surface area contributed by atoms with Crippen LogP contribution in [0, 0.1) is 0 Å². The highest BCUT2D eigenvalue weighted by atomic mass is 16.2. The number of piperidine rings is 1. The van der Waals surface area contributed by atoms with Crippen LogP contribution in [-0.2, 0) is 16.1 Å². The highest BCUT2D eigenvalue weighted by Crippen LogP contribution is 2.11. The molecule has 2 rings (SSSR count). The molecule has 110 valence electrons. The lowest BCUT2D eigenvalue weighted by molar-refractivity contribution is -0.134. The van der Waals surface area contributed by atoms with E-state index in [0.29, 0.717) is 13.0 Å². The number of hydrogen-bond acceptors (Lipinski definition) is 4. The maximum absolute atomic E-state index is 12.1. The van der Waals surface area contributed by atoms with E-state index in [9.17, 15) is 9.59 Å². The highest BCUT2D eigenvalue weighted by Gasteiger charge is 2.24. The summed E-state index contributed by atoms with van der Waals surface area (Å²) in [4.78, 5) is 26.9. The molecule has 0 aromatic carbocycles. The fourth-order valence-corrected chi connectivity index (χ4v) is 2.39. The predicted molar refractivity (Wildman–Crippen MR) is 72.7 cm³/mol. The predicted octanol–water partition coefficient (Wildman–Crippen LogP) is 0.185. The van der Waals surface area contributed by atoms with Gasteiger partial charge < -0.3 is 10.2 Å². The Morgan fingerprint density at radius 1 is 1.35 bits per heavy atom. The van der Waals surface area contributed by atoms with Crippen molar-refractivity contribution in [3.8, 4) is 0 Å². The maximum Gasteiger partial charge on any atom is 0.246 e. The number of nitrogens with zero attached hydrogens (tertiary/aromatic N) is 4. The van der Waals surface area contributed by atoms with Crippen molar-refractivity contribution in [1.82, 2.24) is 25.2 Å². The lowest BCUT2D eigenvalue weighted by Gasteiger charge is -2.33. The summed E-state index contributed by atoms with van der Waals surface area (Å²) in [6, 6.07) is 0.0670. The Balaban J connectivity index is 1.83. The number of carbonyl (C=O) groups is 2. The number of aromatic nitrogens is 3. The molecule has 0 bridgehead atoms. The highest BCUT2D eigenvalue weighted by molar-refractivity contribution is 5.77. The van der Waals surface area contributed by atoms with Gasteiger partial charge in [0, 0.05) is 25.6 Å². The van der Waals surface area contributed by atoms with Gasteiger partial charge in [0.15, 0.2) is 0 Å². The lowest BCUT2D eigenvalue weighted by atomic mass is 10.1. The smallest absolute Gasteiger partial charge is 0.246 e. The molecule has 7 heteroatoms. The summed E-state index contributed by atoms with van der Waals surface area (Å²) < 4.78 is 0. The van der Waals surface area contributed by atoms with Gasteiger partial charge in [-0.05, 0) is 19.3 Å². The standard InChI is InChI=1S/C13H21N5O2/c1-2-4-12(19)16-11-5-3-8-17(9-11)13(20)10-18-14-6-7-15-18/h6-7,11H,2-5,8-10H2,1H3,(H,16,19)/t11-/m1/s1. The number of carbonyl (C=O) groups excluding carboxylic acids is 2. The third-order valence-electron chi connectivity index (χ3n) is 3.36. The number of hydrogen-bond donors (Lipinski definition) is 1. The van der Waals surface area contributed by atoms with Crippen LogP contribution in [0.3, 0.4) is 0 Å². The van der Waals surface area contributed by atoms with Crippen LogP contribution in [-0.4, -0.2) is 50.8 Å². The van der Waals surface area contributed by atoms with Crippen molar-refractivity contribution in [1.29, 1.82) is 0 Å². The summed E-state index contributed by atoms with van der Waals surface area (Å²) >= 11 is 0. The molecule has 1 aromatic heterocycles. The van der Waals surface area contributed by atoms with Gasteiger partial charge in [0.05, 0.1) is 12.4 Å². The molecule has 1 atom stereocenters. The van der Waals surface area contributed by atoms with Gasteiger partial charge in [0.25, 0.3) is 0 Å². The second-order valence-electron chi connectivity index (χ2n) is 5.06. The van der Waals surface area contributed by atoms with Crippen molar-refractivity contribution in [2.24, 2.45) is 0 Å². The van der Waals surface area contributed by atoms with E-state index in [2.05, 4.69) is 15.5 Å². The molecule has 2 amide bonds. The molecule has 7 nitrogen and oxygen atoms in total. The van der Waals surface area contributed by atoms with Crippen LogP contribution in [0.2, 0.25) is 0 Å². The average Bonchev–Trinajstić information content (AvgIpc) is 2.92. The van der Waals surface area contributed by atoms with Crippen LogP contribution in [0.4, 0.5) is 0 Å². The third kappa shape index (κ3) is 4.04. The SMILES string of the molecule is CCCC(=O)N[C@@H]1CCCN(C(=O)Cn2nccn2)C1. The van der Waals surface area contributed by atoms with Crippen molar-refractivity contribution in [2.75, 3.05) is 13.1 Å². The van der Waals surface area contributed by atoms with E-state index in [-0.39, 0.29) is 24.4 Å². The second-order valence-corrected chi connectivity index (χ2v) is 5.06. The zero-order valence-electron chi connectivity index (χ0n) is 11.8. The minimum Gasteiger partial charge on any atom is -0.352 e. The third-order valence-corrected chi connectivity index (χ3v) is 3.36. The maximum atomic E-state index is 12.1. The molecular formula is C13H21N5O2. The van der Waals surface area contributed by atoms with Crippen molar-refractivity contribution >= 4 is 11.8 Å². The monoisotopic (exact) mass is 279 g/mol. The first-order chi connectivity index (χ1) is 9.69. The van der Waals surface area contributed by atoms with E-state index in [4.69, 9.17) is 0 Å². The largest absolute Gasteiger partial charge is 0.352 e. The topological polar surface area (TPSA) is 80.1 Å². The molecule has 1 aliphatic heterocycles.